The van der Waals surface area contributed by atoms with E-state index in [1.165, 1.54) is 0 Å². The van der Waals surface area contributed by atoms with Crippen LogP contribution in [0.25, 0.3) is 6.08 Å². The number of benzene rings is 1. The smallest absolute Gasteiger partial charge is 0.309 e. The van der Waals surface area contributed by atoms with E-state index in [2.05, 4.69) is 11.5 Å². The molecule has 1 aliphatic rings. The minimum atomic E-state index is -0.104. The third kappa shape index (κ3) is 3.51. The number of hydrogen-bond acceptors (Lipinski definition) is 4. The molecule has 21 heavy (non-hydrogen) atoms. The molecule has 1 saturated heterocycles. The Kier molecular flexibility index (Phi) is 5.14. The monoisotopic (exact) mass is 287 g/mol. The van der Waals surface area contributed by atoms with E-state index in [9.17, 15) is 9.59 Å². The largest absolute Gasteiger partial charge is 0.466 e. The van der Waals surface area contributed by atoms with Crippen LogP contribution < -0.4 is 4.90 Å². The zero-order valence-electron chi connectivity index (χ0n) is 12.4. The van der Waals surface area contributed by atoms with Crippen molar-refractivity contribution in [3.8, 4) is 0 Å². The Balaban J connectivity index is 2.09. The first-order valence-electron chi connectivity index (χ1n) is 7.32. The van der Waals surface area contributed by atoms with E-state index in [0.29, 0.717) is 12.2 Å². The van der Waals surface area contributed by atoms with Gasteiger partial charge in [0.05, 0.1) is 12.5 Å². The quantitative estimate of drug-likeness (QED) is 0.617. The highest BCUT2D eigenvalue weighted by Gasteiger charge is 2.26. The van der Waals surface area contributed by atoms with Crippen LogP contribution in [0.3, 0.4) is 0 Å². The number of esters is 1. The van der Waals surface area contributed by atoms with Crippen LogP contribution in [-0.4, -0.2) is 32.0 Å². The summed E-state index contributed by atoms with van der Waals surface area (Å²) in [6.07, 6.45) is 4.16. The van der Waals surface area contributed by atoms with Crippen LogP contribution in [0.2, 0.25) is 0 Å². The van der Waals surface area contributed by atoms with Gasteiger partial charge < -0.3 is 9.64 Å². The van der Waals surface area contributed by atoms with E-state index in [-0.39, 0.29) is 11.9 Å². The molecule has 0 amide bonds. The Hall–Kier alpha value is -2.10. The highest BCUT2D eigenvalue weighted by molar-refractivity contribution is 5.86. The average Bonchev–Trinajstić information content (AvgIpc) is 2.54. The van der Waals surface area contributed by atoms with Gasteiger partial charge in [0.2, 0.25) is 0 Å². The number of nitrogens with zero attached hydrogens (tertiary/aromatic N) is 1. The predicted octanol–water partition coefficient (Wildman–Crippen LogP) is 2.92. The molecule has 2 rings (SSSR count). The molecule has 1 aromatic carbocycles. The van der Waals surface area contributed by atoms with Crippen molar-refractivity contribution in [3.63, 3.8) is 0 Å². The predicted molar refractivity (Wildman–Crippen MR) is 83.5 cm³/mol. The van der Waals surface area contributed by atoms with Gasteiger partial charge in [-0.2, -0.15) is 0 Å². The number of carbonyl (C=O) groups is 2. The van der Waals surface area contributed by atoms with Crippen LogP contribution in [0.5, 0.6) is 0 Å². The van der Waals surface area contributed by atoms with Crippen LogP contribution in [0.1, 0.15) is 35.7 Å². The summed E-state index contributed by atoms with van der Waals surface area (Å²) in [6, 6.07) is 5.67. The summed E-state index contributed by atoms with van der Waals surface area (Å²) in [5.74, 6) is -0.129. The maximum absolute atomic E-state index is 11.8. The van der Waals surface area contributed by atoms with Crippen molar-refractivity contribution in [2.24, 2.45) is 5.92 Å². The number of aldehydes is 1. The Labute approximate surface area is 125 Å². The maximum atomic E-state index is 11.8. The zero-order chi connectivity index (χ0) is 15.2. The highest BCUT2D eigenvalue weighted by atomic mass is 16.5. The molecule has 1 aromatic rings. The number of hydrogen-bond donors (Lipinski definition) is 0. The lowest BCUT2D eigenvalue weighted by Crippen LogP contribution is -2.37. The van der Waals surface area contributed by atoms with Crippen molar-refractivity contribution in [3.05, 3.63) is 35.9 Å². The van der Waals surface area contributed by atoms with E-state index in [4.69, 9.17) is 4.74 Å². The van der Waals surface area contributed by atoms with Crippen molar-refractivity contribution in [1.82, 2.24) is 0 Å². The fraction of sp³-hybridized carbons (Fsp3) is 0.412. The lowest BCUT2D eigenvalue weighted by molar-refractivity contribution is -0.148. The standard InChI is InChI=1S/C17H21NO3/c1-3-13-5-6-15(12-19)16(11-13)18-9-7-14(8-10-18)17(20)21-4-2/h3,5-6,11-12,14H,1,4,7-10H2,2H3. The Morgan fingerprint density at radius 2 is 2.14 bits per heavy atom. The van der Waals surface area contributed by atoms with Crippen molar-refractivity contribution in [2.75, 3.05) is 24.6 Å². The second kappa shape index (κ2) is 7.07. The average molecular weight is 287 g/mol. The van der Waals surface area contributed by atoms with Crippen molar-refractivity contribution < 1.29 is 14.3 Å². The molecule has 0 radical (unpaired) electrons. The van der Waals surface area contributed by atoms with Crippen LogP contribution in [0.4, 0.5) is 5.69 Å². The van der Waals surface area contributed by atoms with Gasteiger partial charge in [0.25, 0.3) is 0 Å². The summed E-state index contributed by atoms with van der Waals surface area (Å²) < 4.78 is 5.08. The molecule has 0 aliphatic carbocycles. The molecule has 0 unspecified atom stereocenters. The number of piperidine rings is 1. The van der Waals surface area contributed by atoms with Gasteiger partial charge in [0, 0.05) is 24.3 Å². The van der Waals surface area contributed by atoms with Crippen molar-refractivity contribution >= 4 is 24.0 Å². The van der Waals surface area contributed by atoms with E-state index in [0.717, 1.165) is 43.5 Å². The van der Waals surface area contributed by atoms with Gasteiger partial charge in [-0.15, -0.1) is 0 Å². The second-order valence-electron chi connectivity index (χ2n) is 5.15. The normalized spacial score (nSPS) is 15.6. The Morgan fingerprint density at radius 1 is 1.43 bits per heavy atom. The number of ether oxygens (including phenoxy) is 1. The molecule has 4 nitrogen and oxygen atoms in total. The molecular weight excluding hydrogens is 266 g/mol. The molecule has 0 bridgehead atoms. The second-order valence-corrected chi connectivity index (χ2v) is 5.15. The first-order chi connectivity index (χ1) is 10.2. The van der Waals surface area contributed by atoms with Gasteiger partial charge in [-0.05, 0) is 37.5 Å². The van der Waals surface area contributed by atoms with Gasteiger partial charge in [-0.25, -0.2) is 0 Å². The maximum Gasteiger partial charge on any atom is 0.309 e. The van der Waals surface area contributed by atoms with Gasteiger partial charge in [-0.3, -0.25) is 9.59 Å². The van der Waals surface area contributed by atoms with Crippen LogP contribution in [-0.2, 0) is 9.53 Å². The fourth-order valence-electron chi connectivity index (χ4n) is 2.68. The number of anilines is 1. The Morgan fingerprint density at radius 3 is 2.71 bits per heavy atom. The molecule has 0 spiro atoms. The van der Waals surface area contributed by atoms with Crippen molar-refractivity contribution in [2.45, 2.75) is 19.8 Å². The minimum Gasteiger partial charge on any atom is -0.466 e. The first-order valence-corrected chi connectivity index (χ1v) is 7.32. The molecule has 0 aromatic heterocycles. The summed E-state index contributed by atoms with van der Waals surface area (Å²) in [4.78, 5) is 25.1. The molecule has 0 N–H and O–H groups in total. The Bertz CT molecular complexity index is 531. The summed E-state index contributed by atoms with van der Waals surface area (Å²) in [6.45, 7) is 7.52. The molecule has 0 saturated carbocycles. The van der Waals surface area contributed by atoms with Crippen LogP contribution in [0, 0.1) is 5.92 Å². The van der Waals surface area contributed by atoms with Crippen LogP contribution in [0.15, 0.2) is 24.8 Å². The summed E-state index contributed by atoms with van der Waals surface area (Å²) in [7, 11) is 0. The van der Waals surface area contributed by atoms with Gasteiger partial charge in [0.1, 0.15) is 0 Å². The third-order valence-electron chi connectivity index (χ3n) is 3.87. The van der Waals surface area contributed by atoms with E-state index in [1.807, 2.05) is 25.1 Å². The zero-order valence-corrected chi connectivity index (χ0v) is 12.4. The molecule has 1 aliphatic heterocycles. The fourth-order valence-corrected chi connectivity index (χ4v) is 2.68. The van der Waals surface area contributed by atoms with Gasteiger partial charge >= 0.3 is 5.97 Å². The van der Waals surface area contributed by atoms with E-state index in [1.54, 1.807) is 6.08 Å². The molecular formula is C17H21NO3. The summed E-state index contributed by atoms with van der Waals surface area (Å²) in [5, 5.41) is 0. The number of rotatable bonds is 5. The lowest BCUT2D eigenvalue weighted by Gasteiger charge is -2.33. The molecule has 1 heterocycles. The van der Waals surface area contributed by atoms with E-state index >= 15 is 0 Å². The third-order valence-corrected chi connectivity index (χ3v) is 3.87. The topological polar surface area (TPSA) is 46.6 Å². The lowest BCUT2D eigenvalue weighted by atomic mass is 9.95. The van der Waals surface area contributed by atoms with E-state index < -0.39 is 0 Å². The minimum absolute atomic E-state index is 0.0246. The molecule has 4 heteroatoms. The molecule has 1 fully saturated rings. The summed E-state index contributed by atoms with van der Waals surface area (Å²) >= 11 is 0. The first kappa shape index (κ1) is 15.3. The molecule has 112 valence electrons. The van der Waals surface area contributed by atoms with Gasteiger partial charge in [0.15, 0.2) is 6.29 Å². The van der Waals surface area contributed by atoms with Crippen LogP contribution >= 0.6 is 0 Å². The number of carbonyl (C=O) groups excluding carboxylic acids is 2. The highest BCUT2D eigenvalue weighted by Crippen LogP contribution is 2.27. The van der Waals surface area contributed by atoms with Gasteiger partial charge in [-0.1, -0.05) is 18.7 Å². The summed E-state index contributed by atoms with van der Waals surface area (Å²) in [5.41, 5.74) is 2.59. The molecule has 0 atom stereocenters. The van der Waals surface area contributed by atoms with Crippen molar-refractivity contribution in [1.29, 1.82) is 0 Å². The SMILES string of the molecule is C=Cc1ccc(C=O)c(N2CCC(C(=O)OCC)CC2)c1.